The van der Waals surface area contributed by atoms with Crippen molar-refractivity contribution >= 4 is 15.9 Å². The number of rotatable bonds is 2. The SMILES string of the molecule is Fc1ccc(-c2cc(F)cnc2CBr)cc1. The summed E-state index contributed by atoms with van der Waals surface area (Å²) in [7, 11) is 0. The zero-order valence-electron chi connectivity index (χ0n) is 8.25. The molecule has 1 aromatic heterocycles. The Morgan fingerprint density at radius 1 is 1.06 bits per heavy atom. The molecule has 0 aliphatic heterocycles. The second-order valence-electron chi connectivity index (χ2n) is 3.29. The van der Waals surface area contributed by atoms with E-state index < -0.39 is 5.82 Å². The second kappa shape index (κ2) is 4.70. The Labute approximate surface area is 100 Å². The number of benzene rings is 1. The highest BCUT2D eigenvalue weighted by atomic mass is 79.9. The van der Waals surface area contributed by atoms with Crippen LogP contribution < -0.4 is 0 Å². The number of nitrogens with zero attached hydrogens (tertiary/aromatic N) is 1. The molecule has 0 N–H and O–H groups in total. The fourth-order valence-corrected chi connectivity index (χ4v) is 1.90. The highest BCUT2D eigenvalue weighted by molar-refractivity contribution is 9.08. The van der Waals surface area contributed by atoms with Crippen molar-refractivity contribution in [2.24, 2.45) is 0 Å². The molecule has 0 radical (unpaired) electrons. The normalized spacial score (nSPS) is 10.4. The van der Waals surface area contributed by atoms with Crippen LogP contribution in [0.5, 0.6) is 0 Å². The molecule has 4 heteroatoms. The van der Waals surface area contributed by atoms with E-state index in [0.717, 1.165) is 11.3 Å². The Kier molecular flexibility index (Phi) is 3.29. The second-order valence-corrected chi connectivity index (χ2v) is 3.85. The average molecular weight is 284 g/mol. The summed E-state index contributed by atoms with van der Waals surface area (Å²) >= 11 is 3.29. The third kappa shape index (κ3) is 2.27. The first-order valence-electron chi connectivity index (χ1n) is 4.67. The van der Waals surface area contributed by atoms with Gasteiger partial charge in [-0.15, -0.1) is 0 Å². The topological polar surface area (TPSA) is 12.9 Å². The smallest absolute Gasteiger partial charge is 0.142 e. The lowest BCUT2D eigenvalue weighted by Crippen LogP contribution is -1.92. The van der Waals surface area contributed by atoms with Gasteiger partial charge in [-0.05, 0) is 23.8 Å². The van der Waals surface area contributed by atoms with E-state index in [4.69, 9.17) is 0 Å². The van der Waals surface area contributed by atoms with Gasteiger partial charge in [-0.25, -0.2) is 8.78 Å². The molecule has 0 aliphatic carbocycles. The third-order valence-corrected chi connectivity index (χ3v) is 2.75. The molecule has 0 amide bonds. The van der Waals surface area contributed by atoms with Gasteiger partial charge < -0.3 is 0 Å². The molecule has 1 heterocycles. The van der Waals surface area contributed by atoms with Crippen LogP contribution in [0.1, 0.15) is 5.69 Å². The molecule has 0 fully saturated rings. The van der Waals surface area contributed by atoms with Crippen LogP contribution in [0.15, 0.2) is 36.5 Å². The number of hydrogen-bond acceptors (Lipinski definition) is 1. The van der Waals surface area contributed by atoms with Crippen molar-refractivity contribution in [2.75, 3.05) is 0 Å². The van der Waals surface area contributed by atoms with E-state index in [-0.39, 0.29) is 5.82 Å². The first kappa shape index (κ1) is 11.2. The third-order valence-electron chi connectivity index (χ3n) is 2.22. The summed E-state index contributed by atoms with van der Waals surface area (Å²) in [6, 6.07) is 7.31. The van der Waals surface area contributed by atoms with Crippen LogP contribution in [0.4, 0.5) is 8.78 Å². The van der Waals surface area contributed by atoms with Gasteiger partial charge in [0.25, 0.3) is 0 Å². The van der Waals surface area contributed by atoms with Crippen molar-refractivity contribution in [2.45, 2.75) is 5.33 Å². The molecular formula is C12H8BrF2N. The van der Waals surface area contributed by atoms with Crippen molar-refractivity contribution in [1.29, 1.82) is 0 Å². The Hall–Kier alpha value is -1.29. The largest absolute Gasteiger partial charge is 0.257 e. The Bertz CT molecular complexity index is 497. The Morgan fingerprint density at radius 2 is 1.75 bits per heavy atom. The van der Waals surface area contributed by atoms with Gasteiger partial charge in [0, 0.05) is 10.9 Å². The molecule has 1 aromatic carbocycles. The van der Waals surface area contributed by atoms with E-state index in [1.807, 2.05) is 0 Å². The average Bonchev–Trinajstić information content (AvgIpc) is 2.30. The number of pyridine rings is 1. The quantitative estimate of drug-likeness (QED) is 0.762. The zero-order valence-corrected chi connectivity index (χ0v) is 9.84. The van der Waals surface area contributed by atoms with Crippen LogP contribution in [0.2, 0.25) is 0 Å². The first-order valence-corrected chi connectivity index (χ1v) is 5.79. The van der Waals surface area contributed by atoms with Gasteiger partial charge in [-0.1, -0.05) is 28.1 Å². The molecular weight excluding hydrogens is 276 g/mol. The van der Waals surface area contributed by atoms with Crippen LogP contribution in [0.25, 0.3) is 11.1 Å². The summed E-state index contributed by atoms with van der Waals surface area (Å²) in [4.78, 5) is 3.98. The van der Waals surface area contributed by atoms with E-state index in [0.29, 0.717) is 10.9 Å². The van der Waals surface area contributed by atoms with E-state index in [1.165, 1.54) is 24.4 Å². The number of halogens is 3. The van der Waals surface area contributed by atoms with Crippen LogP contribution in [0, 0.1) is 11.6 Å². The minimum absolute atomic E-state index is 0.312. The van der Waals surface area contributed by atoms with Crippen LogP contribution in [-0.4, -0.2) is 4.98 Å². The van der Waals surface area contributed by atoms with Crippen molar-refractivity contribution < 1.29 is 8.78 Å². The van der Waals surface area contributed by atoms with Crippen LogP contribution >= 0.6 is 15.9 Å². The molecule has 0 spiro atoms. The zero-order chi connectivity index (χ0) is 11.5. The maximum Gasteiger partial charge on any atom is 0.142 e. The van der Waals surface area contributed by atoms with Crippen molar-refractivity contribution in [1.82, 2.24) is 4.98 Å². The van der Waals surface area contributed by atoms with Gasteiger partial charge in [0.05, 0.1) is 11.9 Å². The summed E-state index contributed by atoms with van der Waals surface area (Å²) in [6.07, 6.45) is 1.17. The molecule has 0 saturated carbocycles. The fourth-order valence-electron chi connectivity index (χ4n) is 1.45. The highest BCUT2D eigenvalue weighted by Gasteiger charge is 2.07. The van der Waals surface area contributed by atoms with Gasteiger partial charge in [0.2, 0.25) is 0 Å². The standard InChI is InChI=1S/C12H8BrF2N/c13-6-12-11(5-10(15)7-16-12)8-1-3-9(14)4-2-8/h1-5,7H,6H2. The summed E-state index contributed by atoms with van der Waals surface area (Å²) in [5.74, 6) is -0.711. The number of alkyl halides is 1. The molecule has 16 heavy (non-hydrogen) atoms. The van der Waals surface area contributed by atoms with E-state index in [9.17, 15) is 8.78 Å². The monoisotopic (exact) mass is 283 g/mol. The van der Waals surface area contributed by atoms with Gasteiger partial charge in [0.1, 0.15) is 11.6 Å². The first-order chi connectivity index (χ1) is 7.70. The van der Waals surface area contributed by atoms with Crippen LogP contribution in [0.3, 0.4) is 0 Å². The van der Waals surface area contributed by atoms with Gasteiger partial charge >= 0.3 is 0 Å². The maximum atomic E-state index is 13.1. The lowest BCUT2D eigenvalue weighted by Gasteiger charge is -2.06. The number of hydrogen-bond donors (Lipinski definition) is 0. The van der Waals surface area contributed by atoms with Crippen molar-refractivity contribution in [3.8, 4) is 11.1 Å². The predicted octanol–water partition coefficient (Wildman–Crippen LogP) is 3.92. The molecule has 0 aliphatic rings. The predicted molar refractivity (Wildman–Crippen MR) is 62.2 cm³/mol. The van der Waals surface area contributed by atoms with Gasteiger partial charge in [-0.2, -0.15) is 0 Å². The fraction of sp³-hybridized carbons (Fsp3) is 0.0833. The summed E-state index contributed by atoms with van der Waals surface area (Å²) in [5, 5.41) is 0.528. The molecule has 0 unspecified atom stereocenters. The van der Waals surface area contributed by atoms with Crippen molar-refractivity contribution in [3.63, 3.8) is 0 Å². The van der Waals surface area contributed by atoms with Gasteiger partial charge in [-0.3, -0.25) is 4.98 Å². The lowest BCUT2D eigenvalue weighted by molar-refractivity contribution is 0.620. The Balaban J connectivity index is 2.53. The van der Waals surface area contributed by atoms with E-state index in [2.05, 4.69) is 20.9 Å². The molecule has 0 bridgehead atoms. The molecule has 2 rings (SSSR count). The highest BCUT2D eigenvalue weighted by Crippen LogP contribution is 2.24. The van der Waals surface area contributed by atoms with Crippen LogP contribution in [-0.2, 0) is 5.33 Å². The lowest BCUT2D eigenvalue weighted by atomic mass is 10.0. The molecule has 1 nitrogen and oxygen atoms in total. The Morgan fingerprint density at radius 3 is 2.38 bits per heavy atom. The summed E-state index contributed by atoms with van der Waals surface area (Å²) < 4.78 is 25.9. The van der Waals surface area contributed by atoms with E-state index in [1.54, 1.807) is 12.1 Å². The minimum atomic E-state index is -0.399. The minimum Gasteiger partial charge on any atom is -0.257 e. The van der Waals surface area contributed by atoms with Gasteiger partial charge in [0.15, 0.2) is 0 Å². The number of aromatic nitrogens is 1. The van der Waals surface area contributed by atoms with E-state index >= 15 is 0 Å². The molecule has 2 aromatic rings. The molecule has 0 atom stereocenters. The molecule has 82 valence electrons. The molecule has 0 saturated heterocycles. The maximum absolute atomic E-state index is 13.1. The summed E-state index contributed by atoms with van der Waals surface area (Å²) in [5.41, 5.74) is 2.16. The van der Waals surface area contributed by atoms with Crippen molar-refractivity contribution in [3.05, 3.63) is 53.9 Å². The summed E-state index contributed by atoms with van der Waals surface area (Å²) in [6.45, 7) is 0.